The molecule has 0 aliphatic heterocycles. The Labute approximate surface area is 80.0 Å². The number of rotatable bonds is 6. The van der Waals surface area contributed by atoms with Gasteiger partial charge >= 0.3 is 0 Å². The molecule has 1 unspecified atom stereocenters. The molecule has 0 rings (SSSR count). The Balaban J connectivity index is 4.15. The van der Waals surface area contributed by atoms with E-state index in [1.165, 1.54) is 0 Å². The van der Waals surface area contributed by atoms with E-state index in [4.69, 9.17) is 10.5 Å². The quantitative estimate of drug-likeness (QED) is 0.648. The molecule has 0 heterocycles. The number of carbonyl (C=O) groups excluding carboxylic acids is 1. The van der Waals surface area contributed by atoms with Gasteiger partial charge in [0.05, 0.1) is 12.6 Å². The van der Waals surface area contributed by atoms with E-state index in [1.807, 2.05) is 25.7 Å². The van der Waals surface area contributed by atoms with Gasteiger partial charge in [0.1, 0.15) is 0 Å². The van der Waals surface area contributed by atoms with Gasteiger partial charge in [0.15, 0.2) is 0 Å². The number of nitrogens with zero attached hydrogens (tertiary/aromatic N) is 1. The number of hydrogen-bond acceptors (Lipinski definition) is 3. The van der Waals surface area contributed by atoms with Crippen LogP contribution in [0.25, 0.3) is 0 Å². The van der Waals surface area contributed by atoms with Crippen molar-refractivity contribution in [3.05, 3.63) is 0 Å². The number of methoxy groups -OCH3 is 1. The van der Waals surface area contributed by atoms with Crippen LogP contribution in [-0.4, -0.2) is 43.2 Å². The molecule has 0 spiro atoms. The van der Waals surface area contributed by atoms with Gasteiger partial charge in [0.25, 0.3) is 0 Å². The molecule has 4 heteroatoms. The van der Waals surface area contributed by atoms with Crippen molar-refractivity contribution in [1.82, 2.24) is 4.90 Å². The van der Waals surface area contributed by atoms with Gasteiger partial charge < -0.3 is 10.5 Å². The fraction of sp³-hybridized carbons (Fsp3) is 0.889. The van der Waals surface area contributed by atoms with E-state index in [-0.39, 0.29) is 11.9 Å². The summed E-state index contributed by atoms with van der Waals surface area (Å²) in [6.45, 7) is 7.25. The lowest BCUT2D eigenvalue weighted by molar-refractivity contribution is -0.123. The highest BCUT2D eigenvalue weighted by molar-refractivity contribution is 5.79. The fourth-order valence-corrected chi connectivity index (χ4v) is 1.26. The molecule has 0 saturated carbocycles. The number of ether oxygens (including phenoxy) is 1. The molecule has 0 radical (unpaired) electrons. The van der Waals surface area contributed by atoms with Gasteiger partial charge in [-0.2, -0.15) is 0 Å². The Hall–Kier alpha value is -0.610. The van der Waals surface area contributed by atoms with Crippen LogP contribution in [0.1, 0.15) is 20.8 Å². The average Bonchev–Trinajstić information content (AvgIpc) is 2.04. The smallest absolute Gasteiger partial charge is 0.234 e. The summed E-state index contributed by atoms with van der Waals surface area (Å²) in [4.78, 5) is 13.0. The summed E-state index contributed by atoms with van der Waals surface area (Å²) in [7, 11) is 1.65. The van der Waals surface area contributed by atoms with E-state index in [2.05, 4.69) is 0 Å². The SMILES string of the molecule is COCCN(C(C)C)C(C)C(N)=O. The first kappa shape index (κ1) is 12.4. The molecular weight excluding hydrogens is 168 g/mol. The average molecular weight is 188 g/mol. The maximum Gasteiger partial charge on any atom is 0.234 e. The first-order valence-electron chi connectivity index (χ1n) is 4.54. The minimum atomic E-state index is -0.287. The first-order valence-corrected chi connectivity index (χ1v) is 4.54. The van der Waals surface area contributed by atoms with Crippen molar-refractivity contribution in [3.63, 3.8) is 0 Å². The summed E-state index contributed by atoms with van der Waals surface area (Å²) < 4.78 is 4.96. The zero-order chi connectivity index (χ0) is 10.4. The van der Waals surface area contributed by atoms with Crippen LogP contribution < -0.4 is 5.73 Å². The van der Waals surface area contributed by atoms with Crippen LogP contribution in [0.4, 0.5) is 0 Å². The van der Waals surface area contributed by atoms with E-state index >= 15 is 0 Å². The standard InChI is InChI=1S/C9H20N2O2/c1-7(2)11(5-6-13-4)8(3)9(10)12/h7-8H,5-6H2,1-4H3,(H2,10,12). The van der Waals surface area contributed by atoms with Crippen molar-refractivity contribution in [2.24, 2.45) is 5.73 Å². The number of primary amides is 1. The van der Waals surface area contributed by atoms with Gasteiger partial charge in [-0.15, -0.1) is 0 Å². The lowest BCUT2D eigenvalue weighted by atomic mass is 10.2. The van der Waals surface area contributed by atoms with E-state index in [0.29, 0.717) is 12.6 Å². The van der Waals surface area contributed by atoms with Crippen molar-refractivity contribution in [2.75, 3.05) is 20.3 Å². The second-order valence-corrected chi connectivity index (χ2v) is 3.40. The summed E-state index contributed by atoms with van der Waals surface area (Å²) in [5, 5.41) is 0. The fourth-order valence-electron chi connectivity index (χ4n) is 1.26. The Morgan fingerprint density at radius 3 is 2.31 bits per heavy atom. The zero-order valence-electron chi connectivity index (χ0n) is 8.91. The van der Waals surface area contributed by atoms with Gasteiger partial charge in [0, 0.05) is 19.7 Å². The molecule has 4 nitrogen and oxygen atoms in total. The summed E-state index contributed by atoms with van der Waals surface area (Å²) in [5.74, 6) is -0.287. The van der Waals surface area contributed by atoms with Gasteiger partial charge in [-0.1, -0.05) is 0 Å². The Morgan fingerprint density at radius 2 is 2.00 bits per heavy atom. The van der Waals surface area contributed by atoms with Crippen LogP contribution in [-0.2, 0) is 9.53 Å². The molecule has 2 N–H and O–H groups in total. The second kappa shape index (κ2) is 5.94. The maximum atomic E-state index is 10.9. The van der Waals surface area contributed by atoms with Crippen molar-refractivity contribution in [1.29, 1.82) is 0 Å². The van der Waals surface area contributed by atoms with Gasteiger partial charge in [-0.25, -0.2) is 0 Å². The Kier molecular flexibility index (Phi) is 5.66. The largest absolute Gasteiger partial charge is 0.383 e. The van der Waals surface area contributed by atoms with Crippen LogP contribution in [0.2, 0.25) is 0 Å². The first-order chi connectivity index (χ1) is 6.00. The van der Waals surface area contributed by atoms with Crippen LogP contribution in [0.5, 0.6) is 0 Å². The van der Waals surface area contributed by atoms with Crippen LogP contribution >= 0.6 is 0 Å². The molecule has 0 aromatic rings. The molecule has 0 aromatic heterocycles. The molecule has 13 heavy (non-hydrogen) atoms. The van der Waals surface area contributed by atoms with Gasteiger partial charge in [-0.05, 0) is 20.8 Å². The molecule has 0 aliphatic rings. The van der Waals surface area contributed by atoms with E-state index in [1.54, 1.807) is 7.11 Å². The van der Waals surface area contributed by atoms with E-state index < -0.39 is 0 Å². The number of carbonyl (C=O) groups is 1. The highest BCUT2D eigenvalue weighted by atomic mass is 16.5. The predicted molar refractivity (Wildman–Crippen MR) is 52.4 cm³/mol. The summed E-state index contributed by atoms with van der Waals surface area (Å²) in [5.41, 5.74) is 5.22. The van der Waals surface area contributed by atoms with Crippen LogP contribution in [0.15, 0.2) is 0 Å². The molecule has 1 amide bonds. The number of nitrogens with two attached hydrogens (primary N) is 1. The minimum Gasteiger partial charge on any atom is -0.383 e. The molecule has 0 saturated heterocycles. The second-order valence-electron chi connectivity index (χ2n) is 3.40. The monoisotopic (exact) mass is 188 g/mol. The van der Waals surface area contributed by atoms with Crippen molar-refractivity contribution >= 4 is 5.91 Å². The molecule has 0 aliphatic carbocycles. The van der Waals surface area contributed by atoms with Crippen molar-refractivity contribution in [3.8, 4) is 0 Å². The lowest BCUT2D eigenvalue weighted by Gasteiger charge is -2.30. The topological polar surface area (TPSA) is 55.6 Å². The molecule has 0 fully saturated rings. The van der Waals surface area contributed by atoms with E-state index in [0.717, 1.165) is 6.54 Å². The van der Waals surface area contributed by atoms with Crippen molar-refractivity contribution in [2.45, 2.75) is 32.9 Å². The lowest BCUT2D eigenvalue weighted by Crippen LogP contribution is -2.47. The van der Waals surface area contributed by atoms with E-state index in [9.17, 15) is 4.79 Å². The third-order valence-electron chi connectivity index (χ3n) is 2.13. The van der Waals surface area contributed by atoms with Crippen molar-refractivity contribution < 1.29 is 9.53 Å². The number of amides is 1. The third-order valence-corrected chi connectivity index (χ3v) is 2.13. The maximum absolute atomic E-state index is 10.9. The third kappa shape index (κ3) is 4.24. The zero-order valence-corrected chi connectivity index (χ0v) is 8.91. The van der Waals surface area contributed by atoms with Gasteiger partial charge in [-0.3, -0.25) is 9.69 Å². The van der Waals surface area contributed by atoms with Crippen LogP contribution in [0, 0.1) is 0 Å². The summed E-state index contributed by atoms with van der Waals surface area (Å²) in [6, 6.07) is 0.0767. The van der Waals surface area contributed by atoms with Crippen LogP contribution in [0.3, 0.4) is 0 Å². The highest BCUT2D eigenvalue weighted by Gasteiger charge is 2.20. The molecule has 0 aromatic carbocycles. The Morgan fingerprint density at radius 1 is 1.46 bits per heavy atom. The molecule has 0 bridgehead atoms. The molecule has 1 atom stereocenters. The molecular formula is C9H20N2O2. The predicted octanol–water partition coefficient (Wildman–Crippen LogP) is 0.217. The molecule has 78 valence electrons. The van der Waals surface area contributed by atoms with Gasteiger partial charge in [0.2, 0.25) is 5.91 Å². The normalized spacial score (nSPS) is 13.7. The Bertz CT molecular complexity index is 160. The summed E-state index contributed by atoms with van der Waals surface area (Å²) >= 11 is 0. The minimum absolute atomic E-state index is 0.227. The summed E-state index contributed by atoms with van der Waals surface area (Å²) in [6.07, 6.45) is 0. The number of hydrogen-bond donors (Lipinski definition) is 1. The highest BCUT2D eigenvalue weighted by Crippen LogP contribution is 2.04.